The number of hydrogen-bond acceptors (Lipinski definition) is 12. The first-order chi connectivity index (χ1) is 23.0. The van der Waals surface area contributed by atoms with E-state index < -0.39 is 27.4 Å². The first-order valence-corrected chi connectivity index (χ1v) is 17.5. The van der Waals surface area contributed by atoms with E-state index in [0.29, 0.717) is 42.1 Å². The molecule has 3 N–H and O–H groups in total. The summed E-state index contributed by atoms with van der Waals surface area (Å²) in [7, 11) is 5.29. The molecule has 49 heavy (non-hydrogen) atoms. The van der Waals surface area contributed by atoms with Crippen LogP contribution in [0.1, 0.15) is 18.4 Å². The number of amides is 1. The molecule has 0 fully saturated rings. The molecular formula is C31H41ClF3N7O6S. The van der Waals surface area contributed by atoms with Crippen molar-refractivity contribution in [3.63, 3.8) is 0 Å². The van der Waals surface area contributed by atoms with Gasteiger partial charge >= 0.3 is 6.18 Å². The molecule has 3 aromatic rings. The summed E-state index contributed by atoms with van der Waals surface area (Å²) < 4.78 is 81.9. The highest BCUT2D eigenvalue weighted by atomic mass is 35.5. The summed E-state index contributed by atoms with van der Waals surface area (Å²) in [5, 5.41) is 8.39. The van der Waals surface area contributed by atoms with E-state index in [1.807, 2.05) is 30.9 Å². The molecule has 0 saturated heterocycles. The Morgan fingerprint density at radius 2 is 1.67 bits per heavy atom. The van der Waals surface area contributed by atoms with Crippen molar-refractivity contribution in [2.75, 3.05) is 93.8 Å². The minimum absolute atomic E-state index is 0.0239. The SMILES string of the molecule is COc1cc(OCCCS(C)(=O)=O)ccc1Nc1ncc(C(F)(F)F)c(Nc2cc(NC(=O)CCCl)c(N(C)CCN(C)C)cc2OC)n1. The largest absolute Gasteiger partial charge is 0.494 e. The van der Waals surface area contributed by atoms with Crippen molar-refractivity contribution in [2.24, 2.45) is 0 Å². The molecule has 13 nitrogen and oxygen atoms in total. The first-order valence-electron chi connectivity index (χ1n) is 14.9. The Morgan fingerprint density at radius 3 is 2.29 bits per heavy atom. The standard InChI is InChI=1S/C31H41ClF3N7O6S/c1-41(2)12-13-42(3)25-18-27(47-5)24(17-23(25)37-28(43)10-11-32)38-29-21(31(33,34)35)19-36-30(40-29)39-22-9-8-20(16-26(22)46-4)48-14-7-15-49(6,44)45/h8-9,16-19H,7,10-15H2,1-6H3,(H,37,43)(H2,36,38,39,40). The van der Waals surface area contributed by atoms with Gasteiger partial charge in [0.15, 0.2) is 0 Å². The summed E-state index contributed by atoms with van der Waals surface area (Å²) in [4.78, 5) is 24.5. The number of aromatic nitrogens is 2. The van der Waals surface area contributed by atoms with Gasteiger partial charge < -0.3 is 40.0 Å². The molecule has 0 radical (unpaired) electrons. The van der Waals surface area contributed by atoms with E-state index in [9.17, 15) is 26.4 Å². The van der Waals surface area contributed by atoms with Crippen LogP contribution >= 0.6 is 11.6 Å². The second kappa shape index (κ2) is 17.4. The molecule has 3 rings (SSSR count). The molecule has 0 aliphatic rings. The lowest BCUT2D eigenvalue weighted by Gasteiger charge is -2.26. The van der Waals surface area contributed by atoms with E-state index in [1.54, 1.807) is 18.2 Å². The Bertz CT molecular complexity index is 1700. The van der Waals surface area contributed by atoms with Gasteiger partial charge in [-0.25, -0.2) is 13.4 Å². The molecule has 0 bridgehead atoms. The van der Waals surface area contributed by atoms with Crippen LogP contribution in [0.5, 0.6) is 17.2 Å². The fraction of sp³-hybridized carbons (Fsp3) is 0.452. The van der Waals surface area contributed by atoms with Gasteiger partial charge in [-0.3, -0.25) is 4.79 Å². The summed E-state index contributed by atoms with van der Waals surface area (Å²) in [6, 6.07) is 7.75. The number of alkyl halides is 4. The Balaban J connectivity index is 1.98. The molecule has 18 heteroatoms. The summed E-state index contributed by atoms with van der Waals surface area (Å²) in [5.41, 5.74) is 0.166. The van der Waals surface area contributed by atoms with Gasteiger partial charge in [0.25, 0.3) is 0 Å². The van der Waals surface area contributed by atoms with Crippen LogP contribution in [0.25, 0.3) is 0 Å². The van der Waals surface area contributed by atoms with Gasteiger partial charge in [-0.1, -0.05) is 0 Å². The minimum atomic E-state index is -4.83. The third-order valence-electron chi connectivity index (χ3n) is 6.90. The summed E-state index contributed by atoms with van der Waals surface area (Å²) in [6.45, 7) is 1.40. The number of carbonyl (C=O) groups is 1. The quantitative estimate of drug-likeness (QED) is 0.114. The third-order valence-corrected chi connectivity index (χ3v) is 8.12. The number of nitrogens with one attached hydrogen (secondary N) is 3. The zero-order valence-corrected chi connectivity index (χ0v) is 29.6. The molecular weight excluding hydrogens is 691 g/mol. The number of methoxy groups -OCH3 is 2. The van der Waals surface area contributed by atoms with Gasteiger partial charge in [0.1, 0.15) is 38.5 Å². The maximum absolute atomic E-state index is 14.2. The van der Waals surface area contributed by atoms with Gasteiger partial charge in [0.05, 0.1) is 49.3 Å². The molecule has 0 atom stereocenters. The van der Waals surface area contributed by atoms with Crippen LogP contribution in [0.3, 0.4) is 0 Å². The number of carbonyl (C=O) groups excluding carboxylic acids is 1. The number of sulfone groups is 1. The lowest BCUT2D eigenvalue weighted by Crippen LogP contribution is -2.29. The van der Waals surface area contributed by atoms with Crippen molar-refractivity contribution >= 4 is 61.9 Å². The van der Waals surface area contributed by atoms with Crippen molar-refractivity contribution < 1.29 is 40.6 Å². The fourth-order valence-corrected chi connectivity index (χ4v) is 5.20. The molecule has 0 unspecified atom stereocenters. The van der Waals surface area contributed by atoms with Crippen LogP contribution in [0.4, 0.5) is 47.7 Å². The highest BCUT2D eigenvalue weighted by molar-refractivity contribution is 7.90. The van der Waals surface area contributed by atoms with E-state index in [1.165, 1.54) is 26.4 Å². The van der Waals surface area contributed by atoms with Crippen molar-refractivity contribution in [3.8, 4) is 17.2 Å². The second-order valence-electron chi connectivity index (χ2n) is 11.2. The van der Waals surface area contributed by atoms with Gasteiger partial charge in [-0.15, -0.1) is 11.6 Å². The predicted octanol–water partition coefficient (Wildman–Crippen LogP) is 5.38. The minimum Gasteiger partial charge on any atom is -0.494 e. The highest BCUT2D eigenvalue weighted by Crippen LogP contribution is 2.41. The summed E-state index contributed by atoms with van der Waals surface area (Å²) in [5.74, 6) is -0.246. The lowest BCUT2D eigenvalue weighted by atomic mass is 10.1. The Kier molecular flexibility index (Phi) is 14.0. The maximum Gasteiger partial charge on any atom is 0.421 e. The molecule has 0 saturated carbocycles. The Labute approximate surface area is 289 Å². The lowest BCUT2D eigenvalue weighted by molar-refractivity contribution is -0.137. The zero-order chi connectivity index (χ0) is 36.4. The number of anilines is 6. The molecule has 0 aliphatic heterocycles. The number of benzene rings is 2. The number of ether oxygens (including phenoxy) is 3. The molecule has 0 spiro atoms. The number of likely N-dealkylation sites (N-methyl/N-ethyl adjacent to an activating group) is 2. The van der Waals surface area contributed by atoms with Crippen LogP contribution in [0.2, 0.25) is 0 Å². The van der Waals surface area contributed by atoms with E-state index in [0.717, 1.165) is 6.26 Å². The average molecular weight is 732 g/mol. The van der Waals surface area contributed by atoms with Crippen molar-refractivity contribution in [2.45, 2.75) is 19.0 Å². The van der Waals surface area contributed by atoms with Crippen molar-refractivity contribution in [3.05, 3.63) is 42.1 Å². The average Bonchev–Trinajstić information content (AvgIpc) is 3.01. The predicted molar refractivity (Wildman–Crippen MR) is 185 cm³/mol. The Hall–Kier alpha value is -4.22. The van der Waals surface area contributed by atoms with E-state index in [-0.39, 0.29) is 60.1 Å². The van der Waals surface area contributed by atoms with E-state index >= 15 is 0 Å². The number of hydrogen-bond donors (Lipinski definition) is 3. The molecule has 1 amide bonds. The van der Waals surface area contributed by atoms with Crippen molar-refractivity contribution in [1.82, 2.24) is 14.9 Å². The molecule has 0 aliphatic carbocycles. The number of rotatable bonds is 18. The third kappa shape index (κ3) is 12.0. The van der Waals surface area contributed by atoms with Gasteiger partial charge in [0.2, 0.25) is 11.9 Å². The second-order valence-corrected chi connectivity index (χ2v) is 13.8. The topological polar surface area (TPSA) is 147 Å². The van der Waals surface area contributed by atoms with Crippen LogP contribution in [0.15, 0.2) is 36.5 Å². The van der Waals surface area contributed by atoms with E-state index in [4.69, 9.17) is 25.8 Å². The van der Waals surface area contributed by atoms with Crippen molar-refractivity contribution in [1.29, 1.82) is 0 Å². The number of halogens is 4. The van der Waals surface area contributed by atoms with E-state index in [2.05, 4.69) is 25.9 Å². The molecule has 1 aromatic heterocycles. The molecule has 270 valence electrons. The Morgan fingerprint density at radius 1 is 0.980 bits per heavy atom. The normalized spacial score (nSPS) is 11.7. The van der Waals surface area contributed by atoms with Crippen LogP contribution < -0.4 is 35.1 Å². The number of nitrogens with zero attached hydrogens (tertiary/aromatic N) is 4. The van der Waals surface area contributed by atoms with Crippen LogP contribution in [-0.4, -0.2) is 102 Å². The fourth-order valence-electron chi connectivity index (χ4n) is 4.39. The van der Waals surface area contributed by atoms with Gasteiger partial charge in [-0.05, 0) is 38.7 Å². The monoisotopic (exact) mass is 731 g/mol. The summed E-state index contributed by atoms with van der Waals surface area (Å²) >= 11 is 5.77. The highest BCUT2D eigenvalue weighted by Gasteiger charge is 2.36. The maximum atomic E-state index is 14.2. The molecule has 2 aromatic carbocycles. The smallest absolute Gasteiger partial charge is 0.421 e. The molecule has 1 heterocycles. The van der Waals surface area contributed by atoms with Crippen LogP contribution in [-0.2, 0) is 20.8 Å². The van der Waals surface area contributed by atoms with Crippen LogP contribution in [0, 0.1) is 0 Å². The van der Waals surface area contributed by atoms with Gasteiger partial charge in [-0.2, -0.15) is 18.2 Å². The first kappa shape index (κ1) is 39.2. The zero-order valence-electron chi connectivity index (χ0n) is 28.1. The summed E-state index contributed by atoms with van der Waals surface area (Å²) in [6.07, 6.45) is -2.73. The van der Waals surface area contributed by atoms with Gasteiger partial charge in [0, 0.05) is 57.0 Å².